The smallest absolute Gasteiger partial charge is 0.341 e. The Labute approximate surface area is 112 Å². The van der Waals surface area contributed by atoms with Crippen LogP contribution in [-0.2, 0) is 11.3 Å². The van der Waals surface area contributed by atoms with E-state index in [4.69, 9.17) is 21.4 Å². The van der Waals surface area contributed by atoms with Crippen LogP contribution in [-0.4, -0.2) is 24.2 Å². The first-order valence-electron chi connectivity index (χ1n) is 5.97. The van der Waals surface area contributed by atoms with Crippen molar-refractivity contribution in [1.29, 1.82) is 0 Å². The van der Waals surface area contributed by atoms with Crippen LogP contribution in [0.5, 0.6) is 5.75 Å². The van der Waals surface area contributed by atoms with Gasteiger partial charge in [-0.25, -0.2) is 4.79 Å². The molecule has 0 saturated heterocycles. The molecule has 0 spiro atoms. The molecule has 0 atom stereocenters. The van der Waals surface area contributed by atoms with Gasteiger partial charge >= 0.3 is 5.97 Å². The Morgan fingerprint density at radius 2 is 2.28 bits per heavy atom. The molecule has 1 rings (SSSR count). The fraction of sp³-hybridized carbons (Fsp3) is 0.462. The zero-order chi connectivity index (χ0) is 13.4. The molecule has 1 aromatic rings. The van der Waals surface area contributed by atoms with Gasteiger partial charge in [-0.3, -0.25) is 0 Å². The highest BCUT2D eigenvalue weighted by molar-refractivity contribution is 6.30. The Hall–Kier alpha value is -1.26. The van der Waals surface area contributed by atoms with Crippen LogP contribution < -0.4 is 10.1 Å². The van der Waals surface area contributed by atoms with E-state index < -0.39 is 5.97 Å². The third kappa shape index (κ3) is 5.38. The Morgan fingerprint density at radius 1 is 1.50 bits per heavy atom. The number of carbonyl (C=O) groups is 1. The zero-order valence-corrected chi connectivity index (χ0v) is 11.2. The van der Waals surface area contributed by atoms with Crippen LogP contribution in [0.1, 0.15) is 25.3 Å². The summed E-state index contributed by atoms with van der Waals surface area (Å²) in [6, 6.07) is 5.17. The third-order valence-electron chi connectivity index (χ3n) is 2.40. The molecule has 2 N–H and O–H groups in total. The summed E-state index contributed by atoms with van der Waals surface area (Å²) in [6.45, 7) is 3.32. The molecule has 0 aliphatic heterocycles. The highest BCUT2D eigenvalue weighted by Crippen LogP contribution is 2.22. The number of unbranched alkanes of at least 4 members (excludes halogenated alkanes) is 1. The number of hydrogen-bond donors (Lipinski definition) is 2. The fourth-order valence-corrected chi connectivity index (χ4v) is 1.69. The quantitative estimate of drug-likeness (QED) is 0.714. The molecular formula is C13H18ClNO3. The highest BCUT2D eigenvalue weighted by atomic mass is 35.5. The van der Waals surface area contributed by atoms with Crippen molar-refractivity contribution in [3.8, 4) is 5.75 Å². The standard InChI is InChI=1S/C13H18ClNO3/c1-2-3-6-15-8-10-7-11(14)4-5-12(10)18-9-13(16)17/h4-5,7,15H,2-3,6,8-9H2,1H3,(H,16,17). The van der Waals surface area contributed by atoms with Crippen molar-refractivity contribution in [2.24, 2.45) is 0 Å². The maximum Gasteiger partial charge on any atom is 0.341 e. The first kappa shape index (κ1) is 14.8. The van der Waals surface area contributed by atoms with Gasteiger partial charge in [-0.1, -0.05) is 24.9 Å². The van der Waals surface area contributed by atoms with Gasteiger partial charge in [0.1, 0.15) is 5.75 Å². The monoisotopic (exact) mass is 271 g/mol. The van der Waals surface area contributed by atoms with Crippen molar-refractivity contribution in [2.75, 3.05) is 13.2 Å². The number of carboxylic acid groups (broad SMARTS) is 1. The maximum atomic E-state index is 10.5. The second-order valence-corrected chi connectivity index (χ2v) is 4.40. The van der Waals surface area contributed by atoms with Gasteiger partial charge in [0, 0.05) is 17.1 Å². The van der Waals surface area contributed by atoms with Gasteiger partial charge in [-0.2, -0.15) is 0 Å². The van der Waals surface area contributed by atoms with Gasteiger partial charge in [0.15, 0.2) is 6.61 Å². The lowest BCUT2D eigenvalue weighted by molar-refractivity contribution is -0.139. The van der Waals surface area contributed by atoms with Gasteiger partial charge in [-0.15, -0.1) is 0 Å². The lowest BCUT2D eigenvalue weighted by atomic mass is 10.2. The first-order valence-corrected chi connectivity index (χ1v) is 6.35. The summed E-state index contributed by atoms with van der Waals surface area (Å²) in [5.74, 6) is -0.430. The minimum Gasteiger partial charge on any atom is -0.482 e. The average molecular weight is 272 g/mol. The summed E-state index contributed by atoms with van der Waals surface area (Å²) in [5.41, 5.74) is 0.875. The van der Waals surface area contributed by atoms with E-state index in [-0.39, 0.29) is 6.61 Å². The number of nitrogens with one attached hydrogen (secondary N) is 1. The molecular weight excluding hydrogens is 254 g/mol. The Bertz CT molecular complexity index is 396. The lowest BCUT2D eigenvalue weighted by Crippen LogP contribution is -2.16. The molecule has 0 aliphatic rings. The number of aliphatic carboxylic acids is 1. The van der Waals surface area contributed by atoms with Gasteiger partial charge in [-0.05, 0) is 31.2 Å². The van der Waals surface area contributed by atoms with Crippen LogP contribution in [0.15, 0.2) is 18.2 Å². The summed E-state index contributed by atoms with van der Waals surface area (Å²) in [6.07, 6.45) is 2.23. The van der Waals surface area contributed by atoms with Crippen molar-refractivity contribution >= 4 is 17.6 Å². The van der Waals surface area contributed by atoms with E-state index in [1.54, 1.807) is 18.2 Å². The Kier molecular flexibility index (Phi) is 6.54. The maximum absolute atomic E-state index is 10.5. The number of halogens is 1. The minimum absolute atomic E-state index is 0.344. The van der Waals surface area contributed by atoms with Crippen LogP contribution in [0.4, 0.5) is 0 Å². The molecule has 0 unspecified atom stereocenters. The van der Waals surface area contributed by atoms with Crippen LogP contribution in [0, 0.1) is 0 Å². The zero-order valence-electron chi connectivity index (χ0n) is 10.4. The second kappa shape index (κ2) is 7.95. The minimum atomic E-state index is -0.991. The number of hydrogen-bond acceptors (Lipinski definition) is 3. The molecule has 0 radical (unpaired) electrons. The topological polar surface area (TPSA) is 58.6 Å². The van der Waals surface area contributed by atoms with Crippen molar-refractivity contribution < 1.29 is 14.6 Å². The summed E-state index contributed by atoms with van der Waals surface area (Å²) < 4.78 is 5.21. The summed E-state index contributed by atoms with van der Waals surface area (Å²) >= 11 is 5.92. The molecule has 18 heavy (non-hydrogen) atoms. The molecule has 100 valence electrons. The molecule has 1 aromatic carbocycles. The number of ether oxygens (including phenoxy) is 1. The first-order chi connectivity index (χ1) is 8.63. The van der Waals surface area contributed by atoms with Gasteiger partial charge in [0.25, 0.3) is 0 Å². The van der Waals surface area contributed by atoms with Crippen LogP contribution in [0.25, 0.3) is 0 Å². The second-order valence-electron chi connectivity index (χ2n) is 3.96. The van der Waals surface area contributed by atoms with E-state index in [2.05, 4.69) is 12.2 Å². The molecule has 0 amide bonds. The van der Waals surface area contributed by atoms with E-state index in [0.717, 1.165) is 24.9 Å². The van der Waals surface area contributed by atoms with Crippen molar-refractivity contribution in [3.05, 3.63) is 28.8 Å². The summed E-state index contributed by atoms with van der Waals surface area (Å²) in [5, 5.41) is 12.5. The van der Waals surface area contributed by atoms with Crippen molar-refractivity contribution in [1.82, 2.24) is 5.32 Å². The van der Waals surface area contributed by atoms with Crippen LogP contribution >= 0.6 is 11.6 Å². The molecule has 0 fully saturated rings. The average Bonchev–Trinajstić information content (AvgIpc) is 2.33. The number of rotatable bonds is 8. The predicted molar refractivity (Wildman–Crippen MR) is 71.2 cm³/mol. The van der Waals surface area contributed by atoms with Gasteiger partial charge in [0.05, 0.1) is 0 Å². The van der Waals surface area contributed by atoms with Crippen LogP contribution in [0.3, 0.4) is 0 Å². The molecule has 0 aromatic heterocycles. The molecule has 0 aliphatic carbocycles. The van der Waals surface area contributed by atoms with E-state index in [9.17, 15) is 4.79 Å². The van der Waals surface area contributed by atoms with E-state index >= 15 is 0 Å². The Balaban J connectivity index is 2.61. The van der Waals surface area contributed by atoms with Crippen LogP contribution in [0.2, 0.25) is 5.02 Å². The lowest BCUT2D eigenvalue weighted by Gasteiger charge is -2.11. The summed E-state index contributed by atoms with van der Waals surface area (Å²) in [4.78, 5) is 10.5. The Morgan fingerprint density at radius 3 is 2.94 bits per heavy atom. The molecule has 0 bridgehead atoms. The SMILES string of the molecule is CCCCNCc1cc(Cl)ccc1OCC(=O)O. The molecule has 5 heteroatoms. The largest absolute Gasteiger partial charge is 0.482 e. The van der Waals surface area contributed by atoms with Crippen molar-refractivity contribution in [2.45, 2.75) is 26.3 Å². The normalized spacial score (nSPS) is 10.3. The van der Waals surface area contributed by atoms with Gasteiger partial charge in [0.2, 0.25) is 0 Å². The highest BCUT2D eigenvalue weighted by Gasteiger charge is 2.06. The molecule has 0 saturated carbocycles. The van der Waals surface area contributed by atoms with Gasteiger partial charge < -0.3 is 15.2 Å². The predicted octanol–water partition coefficient (Wildman–Crippen LogP) is 2.69. The van der Waals surface area contributed by atoms with Crippen molar-refractivity contribution in [3.63, 3.8) is 0 Å². The van der Waals surface area contributed by atoms with E-state index in [0.29, 0.717) is 17.3 Å². The fourth-order valence-electron chi connectivity index (χ4n) is 1.49. The van der Waals surface area contributed by atoms with E-state index in [1.165, 1.54) is 0 Å². The molecule has 0 heterocycles. The third-order valence-corrected chi connectivity index (χ3v) is 2.63. The molecule has 4 nitrogen and oxygen atoms in total. The van der Waals surface area contributed by atoms with E-state index in [1.807, 2.05) is 0 Å². The number of carboxylic acids is 1. The summed E-state index contributed by atoms with van der Waals surface area (Å²) in [7, 11) is 0. The number of benzene rings is 1.